The summed E-state index contributed by atoms with van der Waals surface area (Å²) in [6.07, 6.45) is 3.72. The van der Waals surface area contributed by atoms with Crippen LogP contribution in [0.5, 0.6) is 0 Å². The summed E-state index contributed by atoms with van der Waals surface area (Å²) in [6, 6.07) is 0.784. The Morgan fingerprint density at radius 3 is 2.23 bits per heavy atom. The fourth-order valence-corrected chi connectivity index (χ4v) is 1.42. The molecule has 0 heterocycles. The van der Waals surface area contributed by atoms with Crippen molar-refractivity contribution in [1.29, 1.82) is 0 Å². The monoisotopic (exact) mass is 187 g/mol. The maximum Gasteiger partial charge on any atom is 0.0587 e. The Hall–Kier alpha value is -0.0800. The van der Waals surface area contributed by atoms with Crippen LogP contribution < -0.4 is 5.32 Å². The molecular weight excluding hydrogens is 162 g/mol. The average molecular weight is 187 g/mol. The second-order valence-electron chi connectivity index (χ2n) is 4.24. The normalized spacial score (nSPS) is 16.2. The second kappa shape index (κ2) is 7.34. The van der Waals surface area contributed by atoms with Crippen molar-refractivity contribution in [2.24, 2.45) is 5.92 Å². The van der Waals surface area contributed by atoms with Crippen molar-refractivity contribution in [3.63, 3.8) is 0 Å². The van der Waals surface area contributed by atoms with Gasteiger partial charge in [-0.05, 0) is 19.3 Å². The maximum absolute atomic E-state index is 9.11. The van der Waals surface area contributed by atoms with Crippen LogP contribution in [0.3, 0.4) is 0 Å². The van der Waals surface area contributed by atoms with Gasteiger partial charge in [0.1, 0.15) is 0 Å². The Labute approximate surface area is 82.7 Å². The molecule has 0 radical (unpaired) electrons. The van der Waals surface area contributed by atoms with Gasteiger partial charge in [0.05, 0.1) is 6.61 Å². The summed E-state index contributed by atoms with van der Waals surface area (Å²) >= 11 is 0. The third-order valence-corrected chi connectivity index (χ3v) is 2.49. The summed E-state index contributed by atoms with van der Waals surface area (Å²) in [5.74, 6) is 0.508. The highest BCUT2D eigenvalue weighted by Gasteiger charge is 2.13. The van der Waals surface area contributed by atoms with Gasteiger partial charge in [-0.1, -0.05) is 33.6 Å². The molecule has 2 nitrogen and oxygen atoms in total. The minimum Gasteiger partial charge on any atom is -0.395 e. The number of unbranched alkanes of at least 4 members (excludes halogenated alkanes) is 1. The molecule has 0 aromatic rings. The molecule has 0 saturated carbocycles. The van der Waals surface area contributed by atoms with Crippen LogP contribution in [0, 0.1) is 5.92 Å². The van der Waals surface area contributed by atoms with Gasteiger partial charge in [-0.25, -0.2) is 0 Å². The van der Waals surface area contributed by atoms with E-state index < -0.39 is 0 Å². The van der Waals surface area contributed by atoms with Crippen LogP contribution in [0.25, 0.3) is 0 Å². The Bertz CT molecular complexity index is 115. The quantitative estimate of drug-likeness (QED) is 0.640. The zero-order valence-corrected chi connectivity index (χ0v) is 9.51. The van der Waals surface area contributed by atoms with Crippen molar-refractivity contribution in [2.45, 2.75) is 59.0 Å². The molecule has 2 atom stereocenters. The van der Waals surface area contributed by atoms with E-state index in [2.05, 4.69) is 33.0 Å². The minimum absolute atomic E-state index is 0.244. The lowest BCUT2D eigenvalue weighted by Gasteiger charge is -2.24. The first-order valence-corrected chi connectivity index (χ1v) is 5.48. The van der Waals surface area contributed by atoms with Crippen LogP contribution >= 0.6 is 0 Å². The smallest absolute Gasteiger partial charge is 0.0587 e. The zero-order valence-electron chi connectivity index (χ0n) is 9.51. The van der Waals surface area contributed by atoms with Crippen molar-refractivity contribution in [1.82, 2.24) is 5.32 Å². The van der Waals surface area contributed by atoms with E-state index in [0.717, 1.165) is 0 Å². The van der Waals surface area contributed by atoms with E-state index in [1.807, 2.05) is 0 Å². The Morgan fingerprint density at radius 2 is 1.85 bits per heavy atom. The van der Waals surface area contributed by atoms with E-state index in [1.165, 1.54) is 19.3 Å². The molecule has 0 bridgehead atoms. The van der Waals surface area contributed by atoms with Gasteiger partial charge in [0.15, 0.2) is 0 Å². The molecule has 2 heteroatoms. The predicted octanol–water partition coefficient (Wildman–Crippen LogP) is 2.17. The van der Waals surface area contributed by atoms with Crippen LogP contribution in [0.2, 0.25) is 0 Å². The van der Waals surface area contributed by atoms with Crippen molar-refractivity contribution in [2.75, 3.05) is 6.61 Å². The first-order valence-electron chi connectivity index (χ1n) is 5.48. The van der Waals surface area contributed by atoms with Crippen LogP contribution in [0.15, 0.2) is 0 Å². The van der Waals surface area contributed by atoms with Crippen molar-refractivity contribution in [3.05, 3.63) is 0 Å². The SMILES string of the molecule is CCCCC(C)NC(CO)C(C)C. The molecule has 2 unspecified atom stereocenters. The number of rotatable bonds is 7. The molecule has 0 amide bonds. The largest absolute Gasteiger partial charge is 0.395 e. The standard InChI is InChI=1S/C11H25NO/c1-5-6-7-10(4)12-11(8-13)9(2)3/h9-13H,5-8H2,1-4H3. The van der Waals surface area contributed by atoms with E-state index >= 15 is 0 Å². The second-order valence-corrected chi connectivity index (χ2v) is 4.24. The summed E-state index contributed by atoms with van der Waals surface area (Å²) in [4.78, 5) is 0. The predicted molar refractivity (Wildman–Crippen MR) is 57.8 cm³/mol. The topological polar surface area (TPSA) is 32.3 Å². The van der Waals surface area contributed by atoms with E-state index in [1.54, 1.807) is 0 Å². The molecule has 0 spiro atoms. The third-order valence-electron chi connectivity index (χ3n) is 2.49. The maximum atomic E-state index is 9.11. The number of aliphatic hydroxyl groups excluding tert-OH is 1. The summed E-state index contributed by atoms with van der Waals surface area (Å²) in [5, 5.41) is 12.6. The van der Waals surface area contributed by atoms with Gasteiger partial charge >= 0.3 is 0 Å². The lowest BCUT2D eigenvalue weighted by molar-refractivity contribution is 0.199. The highest BCUT2D eigenvalue weighted by atomic mass is 16.3. The lowest BCUT2D eigenvalue weighted by Crippen LogP contribution is -2.42. The molecule has 0 aliphatic rings. The number of hydrogen-bond donors (Lipinski definition) is 2. The highest BCUT2D eigenvalue weighted by molar-refractivity contribution is 4.73. The number of hydrogen-bond acceptors (Lipinski definition) is 2. The van der Waals surface area contributed by atoms with Crippen LogP contribution in [0.1, 0.15) is 47.0 Å². The van der Waals surface area contributed by atoms with Crippen LogP contribution in [-0.2, 0) is 0 Å². The zero-order chi connectivity index (χ0) is 10.3. The summed E-state index contributed by atoms with van der Waals surface area (Å²) < 4.78 is 0. The summed E-state index contributed by atoms with van der Waals surface area (Å²) in [6.45, 7) is 8.92. The van der Waals surface area contributed by atoms with Gasteiger partial charge in [0, 0.05) is 12.1 Å². The van der Waals surface area contributed by atoms with E-state index in [0.29, 0.717) is 12.0 Å². The highest BCUT2D eigenvalue weighted by Crippen LogP contribution is 2.05. The van der Waals surface area contributed by atoms with Crippen molar-refractivity contribution >= 4 is 0 Å². The summed E-state index contributed by atoms with van der Waals surface area (Å²) in [5.41, 5.74) is 0. The molecule has 0 fully saturated rings. The van der Waals surface area contributed by atoms with Gasteiger partial charge in [-0.2, -0.15) is 0 Å². The molecule has 0 rings (SSSR count). The van der Waals surface area contributed by atoms with Gasteiger partial charge in [-0.15, -0.1) is 0 Å². The minimum atomic E-state index is 0.244. The molecular formula is C11H25NO. The van der Waals surface area contributed by atoms with E-state index in [-0.39, 0.29) is 12.6 Å². The molecule has 0 aliphatic heterocycles. The van der Waals surface area contributed by atoms with Crippen molar-refractivity contribution < 1.29 is 5.11 Å². The first-order chi connectivity index (χ1) is 6.11. The Kier molecular flexibility index (Phi) is 7.29. The first kappa shape index (κ1) is 12.9. The molecule has 13 heavy (non-hydrogen) atoms. The molecule has 80 valence electrons. The van der Waals surface area contributed by atoms with Crippen LogP contribution in [0.4, 0.5) is 0 Å². The number of aliphatic hydroxyl groups is 1. The van der Waals surface area contributed by atoms with E-state index in [4.69, 9.17) is 5.11 Å². The third kappa shape index (κ3) is 6.05. The molecule has 0 saturated heterocycles. The molecule has 0 aliphatic carbocycles. The van der Waals surface area contributed by atoms with Gasteiger partial charge < -0.3 is 10.4 Å². The average Bonchev–Trinajstić information content (AvgIpc) is 2.10. The van der Waals surface area contributed by atoms with Crippen LogP contribution in [-0.4, -0.2) is 23.8 Å². The fourth-order valence-electron chi connectivity index (χ4n) is 1.42. The van der Waals surface area contributed by atoms with Crippen molar-refractivity contribution in [3.8, 4) is 0 Å². The van der Waals surface area contributed by atoms with E-state index in [9.17, 15) is 0 Å². The molecule has 2 N–H and O–H groups in total. The Balaban J connectivity index is 3.66. The molecule has 0 aromatic heterocycles. The van der Waals surface area contributed by atoms with Gasteiger partial charge in [0.2, 0.25) is 0 Å². The lowest BCUT2D eigenvalue weighted by atomic mass is 10.0. The van der Waals surface area contributed by atoms with Gasteiger partial charge in [0.25, 0.3) is 0 Å². The molecule has 0 aromatic carbocycles. The fraction of sp³-hybridized carbons (Fsp3) is 1.00. The Morgan fingerprint density at radius 1 is 1.23 bits per heavy atom. The summed E-state index contributed by atoms with van der Waals surface area (Å²) in [7, 11) is 0. The number of nitrogens with one attached hydrogen (secondary N) is 1. The van der Waals surface area contributed by atoms with Gasteiger partial charge in [-0.3, -0.25) is 0 Å².